The Balaban J connectivity index is 2.06. The van der Waals surface area contributed by atoms with Gasteiger partial charge in [0, 0.05) is 6.26 Å². The number of rotatable bonds is 5. The van der Waals surface area contributed by atoms with Gasteiger partial charge in [0.25, 0.3) is 0 Å². The van der Waals surface area contributed by atoms with Crippen LogP contribution in [0, 0.1) is 0 Å². The van der Waals surface area contributed by atoms with Gasteiger partial charge in [-0.25, -0.2) is 13.2 Å². The highest BCUT2D eigenvalue weighted by atomic mass is 32.2. The number of carbonyl (C=O) groups is 1. The lowest BCUT2D eigenvalue weighted by Gasteiger charge is -2.08. The molecule has 0 aliphatic carbocycles. The van der Waals surface area contributed by atoms with Crippen LogP contribution in [0.4, 0.5) is 0 Å². The number of methoxy groups -OCH3 is 1. The van der Waals surface area contributed by atoms with Gasteiger partial charge in [-0.3, -0.25) is 0 Å². The van der Waals surface area contributed by atoms with Gasteiger partial charge in [0.1, 0.15) is 12.4 Å². The Kier molecular flexibility index (Phi) is 4.82. The van der Waals surface area contributed by atoms with Crippen molar-refractivity contribution < 1.29 is 22.7 Å². The predicted octanol–water partition coefficient (Wildman–Crippen LogP) is 2.46. The third kappa shape index (κ3) is 4.08. The molecule has 116 valence electrons. The molecule has 2 aromatic rings. The highest BCUT2D eigenvalue weighted by Gasteiger charge is 2.08. The Hall–Kier alpha value is -2.34. The summed E-state index contributed by atoms with van der Waals surface area (Å²) in [5.41, 5.74) is 1.27. The highest BCUT2D eigenvalue weighted by Crippen LogP contribution is 2.17. The lowest BCUT2D eigenvalue weighted by Crippen LogP contribution is -2.03. The van der Waals surface area contributed by atoms with Crippen molar-refractivity contribution >= 4 is 15.8 Å². The van der Waals surface area contributed by atoms with E-state index in [-0.39, 0.29) is 11.5 Å². The average molecular weight is 320 g/mol. The lowest BCUT2D eigenvalue weighted by molar-refractivity contribution is 0.0600. The Morgan fingerprint density at radius 1 is 1.09 bits per heavy atom. The molecule has 0 spiro atoms. The first-order chi connectivity index (χ1) is 10.4. The summed E-state index contributed by atoms with van der Waals surface area (Å²) in [6.07, 6.45) is 1.15. The maximum absolute atomic E-state index is 11.5. The standard InChI is InChI=1S/C16H16O5S/c1-20-16(17)13-5-3-4-12(10-13)11-21-14-6-8-15(9-7-14)22(2,18)19/h3-10H,11H2,1-2H3. The molecule has 2 aromatic carbocycles. The molecule has 2 rings (SSSR count). The zero-order valence-corrected chi connectivity index (χ0v) is 13.1. The third-order valence-corrected chi connectivity index (χ3v) is 4.13. The largest absolute Gasteiger partial charge is 0.489 e. The lowest BCUT2D eigenvalue weighted by atomic mass is 10.1. The SMILES string of the molecule is COC(=O)c1cccc(COc2ccc(S(C)(=O)=O)cc2)c1. The van der Waals surface area contributed by atoms with E-state index >= 15 is 0 Å². The average Bonchev–Trinajstić information content (AvgIpc) is 2.52. The Labute approximate surface area is 129 Å². The van der Waals surface area contributed by atoms with Crippen LogP contribution in [0.25, 0.3) is 0 Å². The van der Waals surface area contributed by atoms with Gasteiger partial charge >= 0.3 is 5.97 Å². The van der Waals surface area contributed by atoms with Crippen molar-refractivity contribution in [2.45, 2.75) is 11.5 Å². The van der Waals surface area contributed by atoms with Gasteiger partial charge in [-0.1, -0.05) is 12.1 Å². The van der Waals surface area contributed by atoms with Crippen LogP contribution < -0.4 is 4.74 Å². The molecule has 0 amide bonds. The molecule has 0 aliphatic rings. The van der Waals surface area contributed by atoms with Crippen LogP contribution in [0.3, 0.4) is 0 Å². The third-order valence-electron chi connectivity index (χ3n) is 3.01. The van der Waals surface area contributed by atoms with Crippen LogP contribution in [0.15, 0.2) is 53.4 Å². The smallest absolute Gasteiger partial charge is 0.337 e. The number of hydrogen-bond acceptors (Lipinski definition) is 5. The van der Waals surface area contributed by atoms with E-state index in [9.17, 15) is 13.2 Å². The van der Waals surface area contributed by atoms with E-state index < -0.39 is 15.8 Å². The fourth-order valence-corrected chi connectivity index (χ4v) is 2.49. The zero-order valence-electron chi connectivity index (χ0n) is 12.3. The quantitative estimate of drug-likeness (QED) is 0.792. The van der Waals surface area contributed by atoms with Crippen LogP contribution in [0.5, 0.6) is 5.75 Å². The number of sulfone groups is 1. The summed E-state index contributed by atoms with van der Waals surface area (Å²) in [6, 6.07) is 13.1. The molecule has 0 aromatic heterocycles. The minimum Gasteiger partial charge on any atom is -0.489 e. The summed E-state index contributed by atoms with van der Waals surface area (Å²) in [4.78, 5) is 11.7. The summed E-state index contributed by atoms with van der Waals surface area (Å²) >= 11 is 0. The van der Waals surface area contributed by atoms with Crippen molar-refractivity contribution in [1.29, 1.82) is 0 Å². The zero-order chi connectivity index (χ0) is 16.2. The van der Waals surface area contributed by atoms with Crippen LogP contribution in [-0.2, 0) is 21.2 Å². The molecule has 0 heterocycles. The first-order valence-electron chi connectivity index (χ1n) is 6.50. The summed E-state index contributed by atoms with van der Waals surface area (Å²) < 4.78 is 33.0. The van der Waals surface area contributed by atoms with E-state index in [1.165, 1.54) is 19.2 Å². The van der Waals surface area contributed by atoms with Gasteiger partial charge in [-0.15, -0.1) is 0 Å². The van der Waals surface area contributed by atoms with Gasteiger partial charge in [0.05, 0.1) is 17.6 Å². The van der Waals surface area contributed by atoms with E-state index in [2.05, 4.69) is 4.74 Å². The van der Waals surface area contributed by atoms with E-state index in [0.717, 1.165) is 11.8 Å². The molecule has 0 saturated carbocycles. The summed E-state index contributed by atoms with van der Waals surface area (Å²) in [5.74, 6) is 0.148. The first kappa shape index (κ1) is 16.0. The molecule has 0 N–H and O–H groups in total. The maximum atomic E-state index is 11.5. The highest BCUT2D eigenvalue weighted by molar-refractivity contribution is 7.90. The molecule has 5 nitrogen and oxygen atoms in total. The molecule has 0 saturated heterocycles. The van der Waals surface area contributed by atoms with Crippen molar-refractivity contribution in [2.24, 2.45) is 0 Å². The van der Waals surface area contributed by atoms with Gasteiger partial charge in [-0.05, 0) is 42.0 Å². The monoisotopic (exact) mass is 320 g/mol. The normalized spacial score (nSPS) is 11.0. The van der Waals surface area contributed by atoms with Crippen LogP contribution in [0.1, 0.15) is 15.9 Å². The first-order valence-corrected chi connectivity index (χ1v) is 8.39. The summed E-state index contributed by atoms with van der Waals surface area (Å²) in [7, 11) is -1.88. The Bertz CT molecular complexity index is 763. The molecular formula is C16H16O5S. The number of carbonyl (C=O) groups excluding carboxylic acids is 1. The number of benzene rings is 2. The van der Waals surface area contributed by atoms with E-state index in [1.807, 2.05) is 6.07 Å². The molecule has 0 aliphatic heterocycles. The molecule has 0 unspecified atom stereocenters. The summed E-state index contributed by atoms with van der Waals surface area (Å²) in [5, 5.41) is 0. The molecule has 0 radical (unpaired) electrons. The van der Waals surface area contributed by atoms with Gasteiger partial charge in [0.15, 0.2) is 9.84 Å². The molecule has 22 heavy (non-hydrogen) atoms. The van der Waals surface area contributed by atoms with Crippen molar-refractivity contribution in [1.82, 2.24) is 0 Å². The Morgan fingerprint density at radius 2 is 1.77 bits per heavy atom. The van der Waals surface area contributed by atoms with E-state index in [1.54, 1.807) is 30.3 Å². The molecule has 0 bridgehead atoms. The summed E-state index contributed by atoms with van der Waals surface area (Å²) in [6.45, 7) is 0.267. The fraction of sp³-hybridized carbons (Fsp3) is 0.188. The van der Waals surface area contributed by atoms with E-state index in [4.69, 9.17) is 4.74 Å². The topological polar surface area (TPSA) is 69.7 Å². The van der Waals surface area contributed by atoms with Crippen LogP contribution in [0.2, 0.25) is 0 Å². The van der Waals surface area contributed by atoms with Gasteiger partial charge in [-0.2, -0.15) is 0 Å². The molecule has 0 atom stereocenters. The van der Waals surface area contributed by atoms with Crippen LogP contribution in [-0.4, -0.2) is 27.8 Å². The van der Waals surface area contributed by atoms with Gasteiger partial charge in [0.2, 0.25) is 0 Å². The fourth-order valence-electron chi connectivity index (χ4n) is 1.86. The van der Waals surface area contributed by atoms with Crippen molar-refractivity contribution in [3.63, 3.8) is 0 Å². The minimum absolute atomic E-state index is 0.243. The number of ether oxygens (including phenoxy) is 2. The van der Waals surface area contributed by atoms with Crippen molar-refractivity contribution in [2.75, 3.05) is 13.4 Å². The van der Waals surface area contributed by atoms with E-state index in [0.29, 0.717) is 11.3 Å². The van der Waals surface area contributed by atoms with Crippen molar-refractivity contribution in [3.05, 3.63) is 59.7 Å². The molecule has 0 fully saturated rings. The molecule has 6 heteroatoms. The number of esters is 1. The predicted molar refractivity (Wildman–Crippen MR) is 81.7 cm³/mol. The van der Waals surface area contributed by atoms with Crippen molar-refractivity contribution in [3.8, 4) is 5.75 Å². The van der Waals surface area contributed by atoms with Gasteiger partial charge < -0.3 is 9.47 Å². The second kappa shape index (κ2) is 6.62. The van der Waals surface area contributed by atoms with Crippen LogP contribution >= 0.6 is 0 Å². The Morgan fingerprint density at radius 3 is 2.36 bits per heavy atom. The minimum atomic E-state index is -3.21. The second-order valence-electron chi connectivity index (χ2n) is 4.72. The maximum Gasteiger partial charge on any atom is 0.337 e. The second-order valence-corrected chi connectivity index (χ2v) is 6.74. The molecular weight excluding hydrogens is 304 g/mol. The number of hydrogen-bond donors (Lipinski definition) is 0.